The van der Waals surface area contributed by atoms with E-state index in [1.54, 1.807) is 7.11 Å². The molecule has 2 heterocycles. The molecule has 0 N–H and O–H groups in total. The van der Waals surface area contributed by atoms with Gasteiger partial charge in [-0.3, -0.25) is 0 Å². The van der Waals surface area contributed by atoms with Crippen molar-refractivity contribution >= 4 is 28.0 Å². The smallest absolute Gasteiger partial charge is 0.163 e. The Morgan fingerprint density at radius 1 is 0.897 bits per heavy atom. The highest BCUT2D eigenvalue weighted by Crippen LogP contribution is 2.32. The zero-order chi connectivity index (χ0) is 19.8. The van der Waals surface area contributed by atoms with Crippen molar-refractivity contribution in [2.45, 2.75) is 6.61 Å². The molecule has 0 bridgehead atoms. The largest absolute Gasteiger partial charge is 0.378 e. The van der Waals surface area contributed by atoms with Gasteiger partial charge in [-0.25, -0.2) is 9.50 Å². The fourth-order valence-electron chi connectivity index (χ4n) is 3.73. The minimum absolute atomic E-state index is 0.391. The Kier molecular flexibility index (Phi) is 4.51. The van der Waals surface area contributed by atoms with Gasteiger partial charge in [-0.2, -0.15) is 5.10 Å². The third-order valence-electron chi connectivity index (χ3n) is 5.03. The summed E-state index contributed by atoms with van der Waals surface area (Å²) in [7, 11) is 1.67. The quantitative estimate of drug-likeness (QED) is 0.371. The van der Waals surface area contributed by atoms with Crippen molar-refractivity contribution in [1.29, 1.82) is 0 Å². The van der Waals surface area contributed by atoms with Crippen LogP contribution in [0.4, 0.5) is 0 Å². The highest BCUT2D eigenvalue weighted by molar-refractivity contribution is 6.30. The molecule has 0 fully saturated rings. The topological polar surface area (TPSA) is 39.4 Å². The van der Waals surface area contributed by atoms with E-state index in [4.69, 9.17) is 21.4 Å². The lowest BCUT2D eigenvalue weighted by Crippen LogP contribution is -1.96. The Bertz CT molecular complexity index is 1340. The molecule has 5 heteroatoms. The molecule has 0 aliphatic carbocycles. The Balaban J connectivity index is 1.76. The van der Waals surface area contributed by atoms with Gasteiger partial charge in [-0.05, 0) is 40.6 Å². The molecule has 0 amide bonds. The number of ether oxygens (including phenoxy) is 1. The number of hydrogen-bond donors (Lipinski definition) is 0. The number of rotatable bonds is 4. The second-order valence-corrected chi connectivity index (χ2v) is 7.33. The van der Waals surface area contributed by atoms with Gasteiger partial charge in [0.2, 0.25) is 0 Å². The monoisotopic (exact) mass is 399 g/mol. The molecule has 0 radical (unpaired) electrons. The summed E-state index contributed by atoms with van der Waals surface area (Å²) in [5.41, 5.74) is 5.59. The van der Waals surface area contributed by atoms with Gasteiger partial charge in [0, 0.05) is 23.9 Å². The summed E-state index contributed by atoms with van der Waals surface area (Å²) in [6.07, 6.45) is 1.83. The average Bonchev–Trinajstić information content (AvgIpc) is 3.12. The molecule has 0 saturated heterocycles. The third-order valence-corrected chi connectivity index (χ3v) is 5.27. The summed E-state index contributed by atoms with van der Waals surface area (Å²) in [4.78, 5) is 4.64. The van der Waals surface area contributed by atoms with E-state index in [1.807, 2.05) is 41.0 Å². The van der Waals surface area contributed by atoms with E-state index in [0.717, 1.165) is 33.7 Å². The van der Waals surface area contributed by atoms with Crippen molar-refractivity contribution in [3.63, 3.8) is 0 Å². The maximum Gasteiger partial charge on any atom is 0.163 e. The first kappa shape index (κ1) is 17.9. The molecular weight excluding hydrogens is 382 g/mol. The summed E-state index contributed by atoms with van der Waals surface area (Å²) in [5.74, 6) is 0. The first-order chi connectivity index (χ1) is 14.2. The fourth-order valence-corrected chi connectivity index (χ4v) is 3.92. The summed E-state index contributed by atoms with van der Waals surface area (Å²) in [6.45, 7) is 0.391. The lowest BCUT2D eigenvalue weighted by atomic mass is 10.0. The number of nitrogens with zero attached hydrogens (tertiary/aromatic N) is 3. The molecule has 0 saturated carbocycles. The van der Waals surface area contributed by atoms with E-state index in [9.17, 15) is 0 Å². The standard InChI is InChI=1S/C24H18ClN3O/c1-29-15-21-23(19-7-4-8-20(25)14-19)24-26-12-11-22(28(24)27-21)18-10-9-16-5-2-3-6-17(16)13-18/h2-14H,15H2,1H3. The van der Waals surface area contributed by atoms with Crippen LogP contribution in [0, 0.1) is 0 Å². The third kappa shape index (κ3) is 3.16. The first-order valence-corrected chi connectivity index (χ1v) is 9.73. The Hall–Kier alpha value is -3.21. The molecule has 2 aromatic heterocycles. The van der Waals surface area contributed by atoms with E-state index in [1.165, 1.54) is 10.8 Å². The Morgan fingerprint density at radius 3 is 2.59 bits per heavy atom. The van der Waals surface area contributed by atoms with Gasteiger partial charge in [0.05, 0.1) is 23.6 Å². The predicted molar refractivity (Wildman–Crippen MR) is 117 cm³/mol. The van der Waals surface area contributed by atoms with Crippen molar-refractivity contribution in [3.05, 3.63) is 89.7 Å². The summed E-state index contributed by atoms with van der Waals surface area (Å²) < 4.78 is 7.31. The van der Waals surface area contributed by atoms with Crippen molar-refractivity contribution in [1.82, 2.24) is 14.6 Å². The van der Waals surface area contributed by atoms with Crippen molar-refractivity contribution in [2.75, 3.05) is 7.11 Å². The Labute approximate surface area is 173 Å². The second-order valence-electron chi connectivity index (χ2n) is 6.89. The van der Waals surface area contributed by atoms with Gasteiger partial charge in [0.25, 0.3) is 0 Å². The zero-order valence-electron chi connectivity index (χ0n) is 15.8. The molecule has 0 spiro atoms. The number of benzene rings is 3. The van der Waals surface area contributed by atoms with Crippen LogP contribution in [0.3, 0.4) is 0 Å². The van der Waals surface area contributed by atoms with E-state index >= 15 is 0 Å². The molecule has 29 heavy (non-hydrogen) atoms. The lowest BCUT2D eigenvalue weighted by Gasteiger charge is -2.07. The molecule has 4 nitrogen and oxygen atoms in total. The SMILES string of the molecule is COCc1nn2c(-c3ccc4ccccc4c3)ccnc2c1-c1cccc(Cl)c1. The molecule has 0 unspecified atom stereocenters. The van der Waals surface area contributed by atoms with Gasteiger partial charge in [-0.1, -0.05) is 60.1 Å². The summed E-state index contributed by atoms with van der Waals surface area (Å²) >= 11 is 6.25. The molecule has 0 aliphatic rings. The van der Waals surface area contributed by atoms with Gasteiger partial charge in [-0.15, -0.1) is 0 Å². The maximum atomic E-state index is 6.25. The molecular formula is C24H18ClN3O. The van der Waals surface area contributed by atoms with Gasteiger partial charge in [0.1, 0.15) is 0 Å². The predicted octanol–water partition coefficient (Wildman–Crippen LogP) is 6.02. The van der Waals surface area contributed by atoms with Crippen LogP contribution in [0.2, 0.25) is 5.02 Å². The number of hydrogen-bond acceptors (Lipinski definition) is 3. The zero-order valence-corrected chi connectivity index (χ0v) is 16.6. The van der Waals surface area contributed by atoms with Crippen LogP contribution >= 0.6 is 11.6 Å². The molecule has 0 aliphatic heterocycles. The van der Waals surface area contributed by atoms with E-state index in [2.05, 4.69) is 47.4 Å². The minimum atomic E-state index is 0.391. The number of aromatic nitrogens is 3. The Morgan fingerprint density at radius 2 is 1.76 bits per heavy atom. The summed E-state index contributed by atoms with van der Waals surface area (Å²) in [5, 5.41) is 7.93. The van der Waals surface area contributed by atoms with Crippen molar-refractivity contribution < 1.29 is 4.74 Å². The summed E-state index contributed by atoms with van der Waals surface area (Å²) in [6, 6.07) is 24.5. The average molecular weight is 400 g/mol. The van der Waals surface area contributed by atoms with Gasteiger partial charge >= 0.3 is 0 Å². The number of fused-ring (bicyclic) bond motifs is 2. The molecule has 0 atom stereocenters. The fraction of sp³-hybridized carbons (Fsp3) is 0.0833. The van der Waals surface area contributed by atoms with Crippen LogP contribution in [-0.4, -0.2) is 21.7 Å². The normalized spacial score (nSPS) is 11.4. The van der Waals surface area contributed by atoms with Crippen LogP contribution in [0.15, 0.2) is 79.0 Å². The van der Waals surface area contributed by atoms with Gasteiger partial charge < -0.3 is 4.74 Å². The van der Waals surface area contributed by atoms with Crippen molar-refractivity contribution in [3.8, 4) is 22.4 Å². The number of methoxy groups -OCH3 is 1. The molecule has 3 aromatic carbocycles. The van der Waals surface area contributed by atoms with E-state index in [-0.39, 0.29) is 0 Å². The van der Waals surface area contributed by atoms with Crippen LogP contribution in [0.25, 0.3) is 38.8 Å². The lowest BCUT2D eigenvalue weighted by molar-refractivity contribution is 0.181. The van der Waals surface area contributed by atoms with E-state index in [0.29, 0.717) is 11.6 Å². The first-order valence-electron chi connectivity index (χ1n) is 9.35. The highest BCUT2D eigenvalue weighted by atomic mass is 35.5. The maximum absolute atomic E-state index is 6.25. The molecule has 5 rings (SSSR count). The van der Waals surface area contributed by atoms with Crippen LogP contribution in [0.1, 0.15) is 5.69 Å². The van der Waals surface area contributed by atoms with Crippen molar-refractivity contribution in [2.24, 2.45) is 0 Å². The second kappa shape index (κ2) is 7.32. The van der Waals surface area contributed by atoms with Gasteiger partial charge in [0.15, 0.2) is 5.65 Å². The minimum Gasteiger partial charge on any atom is -0.378 e. The van der Waals surface area contributed by atoms with Crippen LogP contribution in [0.5, 0.6) is 0 Å². The van der Waals surface area contributed by atoms with Crippen LogP contribution in [-0.2, 0) is 11.3 Å². The van der Waals surface area contributed by atoms with Crippen LogP contribution < -0.4 is 0 Å². The van der Waals surface area contributed by atoms with E-state index < -0.39 is 0 Å². The molecule has 5 aromatic rings. The molecule has 142 valence electrons. The number of halogens is 1. The highest BCUT2D eigenvalue weighted by Gasteiger charge is 2.18.